The van der Waals surface area contributed by atoms with Crippen molar-refractivity contribution in [3.63, 3.8) is 0 Å². The number of halogens is 1. The van der Waals surface area contributed by atoms with Crippen molar-refractivity contribution in [3.05, 3.63) is 58.4 Å². The molecule has 1 aliphatic carbocycles. The second kappa shape index (κ2) is 9.48. The minimum absolute atomic E-state index is 0.0965. The molecule has 9 heteroatoms. The second-order valence-corrected chi connectivity index (χ2v) is 10.7. The summed E-state index contributed by atoms with van der Waals surface area (Å²) in [5, 5.41) is 3.01. The number of nitrogens with zero attached hydrogens (tertiary/aromatic N) is 3. The van der Waals surface area contributed by atoms with Crippen LogP contribution in [0.3, 0.4) is 0 Å². The summed E-state index contributed by atoms with van der Waals surface area (Å²) in [5.41, 5.74) is 2.56. The van der Waals surface area contributed by atoms with Gasteiger partial charge in [-0.1, -0.05) is 18.0 Å². The van der Waals surface area contributed by atoms with Crippen molar-refractivity contribution in [2.75, 3.05) is 13.1 Å². The molecule has 3 aliphatic heterocycles. The number of carbonyl (C=O) groups is 3. The molecule has 0 bridgehead atoms. The molecule has 8 nitrogen and oxygen atoms in total. The summed E-state index contributed by atoms with van der Waals surface area (Å²) in [7, 11) is 0. The summed E-state index contributed by atoms with van der Waals surface area (Å²) in [6.45, 7) is 2.30. The number of aromatic nitrogens is 1. The van der Waals surface area contributed by atoms with Crippen molar-refractivity contribution in [2.24, 2.45) is 0 Å². The molecule has 36 heavy (non-hydrogen) atoms. The maximum atomic E-state index is 13.0. The highest BCUT2D eigenvalue weighted by Crippen LogP contribution is 2.36. The Hall–Kier alpha value is -2.97. The molecule has 0 spiro atoms. The average molecular weight is 509 g/mol. The Morgan fingerprint density at radius 3 is 2.64 bits per heavy atom. The van der Waals surface area contributed by atoms with Crippen molar-refractivity contribution >= 4 is 29.3 Å². The minimum Gasteiger partial charge on any atom is -0.489 e. The average Bonchev–Trinajstić information content (AvgIpc) is 3.16. The number of rotatable bonds is 5. The normalized spacial score (nSPS) is 27.0. The summed E-state index contributed by atoms with van der Waals surface area (Å²) >= 11 is 5.99. The number of benzene rings is 1. The Balaban J connectivity index is 1.11. The number of hydrogen-bond donors (Lipinski definition) is 1. The van der Waals surface area contributed by atoms with Crippen LogP contribution in [0.15, 0.2) is 36.5 Å². The maximum Gasteiger partial charge on any atom is 0.255 e. The van der Waals surface area contributed by atoms with Gasteiger partial charge in [-0.25, -0.2) is 0 Å². The summed E-state index contributed by atoms with van der Waals surface area (Å²) in [6.07, 6.45) is 6.88. The second-order valence-electron chi connectivity index (χ2n) is 10.3. The third-order valence-corrected chi connectivity index (χ3v) is 8.22. The van der Waals surface area contributed by atoms with E-state index in [2.05, 4.69) is 15.2 Å². The Morgan fingerprint density at radius 1 is 1.03 bits per heavy atom. The fourth-order valence-corrected chi connectivity index (χ4v) is 6.14. The van der Waals surface area contributed by atoms with Crippen molar-refractivity contribution in [2.45, 2.75) is 69.2 Å². The van der Waals surface area contributed by atoms with Gasteiger partial charge in [0.15, 0.2) is 0 Å². The molecule has 2 aromatic rings. The highest BCUT2D eigenvalue weighted by molar-refractivity contribution is 6.30. The summed E-state index contributed by atoms with van der Waals surface area (Å²) < 4.78 is 6.53. The number of imide groups is 1. The van der Waals surface area contributed by atoms with E-state index in [4.69, 9.17) is 16.3 Å². The van der Waals surface area contributed by atoms with Crippen molar-refractivity contribution < 1.29 is 19.1 Å². The van der Waals surface area contributed by atoms with E-state index in [1.165, 1.54) is 6.42 Å². The van der Waals surface area contributed by atoms with E-state index in [-0.39, 0.29) is 24.3 Å². The van der Waals surface area contributed by atoms with Gasteiger partial charge in [0.05, 0.1) is 5.02 Å². The first-order chi connectivity index (χ1) is 17.5. The first-order valence-corrected chi connectivity index (χ1v) is 13.1. The molecule has 1 aromatic carbocycles. The molecule has 3 amide bonds. The predicted octanol–water partition coefficient (Wildman–Crippen LogP) is 3.29. The number of hydrogen-bond acceptors (Lipinski definition) is 6. The van der Waals surface area contributed by atoms with E-state index >= 15 is 0 Å². The largest absolute Gasteiger partial charge is 0.489 e. The molecule has 188 valence electrons. The minimum atomic E-state index is -0.607. The van der Waals surface area contributed by atoms with Gasteiger partial charge in [-0.2, -0.15) is 0 Å². The molecule has 6 rings (SSSR count). The number of likely N-dealkylation sites (tertiary alicyclic amines) is 1. The van der Waals surface area contributed by atoms with Crippen LogP contribution in [0.1, 0.15) is 66.1 Å². The lowest BCUT2D eigenvalue weighted by atomic mass is 9.85. The van der Waals surface area contributed by atoms with Crippen LogP contribution in [-0.2, 0) is 16.1 Å². The highest BCUT2D eigenvalue weighted by atomic mass is 35.5. The number of ether oxygens (including phenoxy) is 1. The lowest BCUT2D eigenvalue weighted by Crippen LogP contribution is -2.57. The smallest absolute Gasteiger partial charge is 0.255 e. The van der Waals surface area contributed by atoms with E-state index in [1.807, 2.05) is 30.3 Å². The van der Waals surface area contributed by atoms with Gasteiger partial charge in [-0.3, -0.25) is 29.6 Å². The number of amides is 3. The molecule has 1 saturated carbocycles. The third kappa shape index (κ3) is 4.37. The molecule has 1 N–H and O–H groups in total. The monoisotopic (exact) mass is 508 g/mol. The van der Waals surface area contributed by atoms with Crippen LogP contribution in [0.2, 0.25) is 5.02 Å². The van der Waals surface area contributed by atoms with Crippen molar-refractivity contribution in [1.82, 2.24) is 20.1 Å². The van der Waals surface area contributed by atoms with E-state index in [0.29, 0.717) is 35.5 Å². The molecule has 2 saturated heterocycles. The Kier molecular flexibility index (Phi) is 6.17. The Labute approximate surface area is 214 Å². The highest BCUT2D eigenvalue weighted by Gasteiger charge is 2.41. The number of piperidine rings is 1. The van der Waals surface area contributed by atoms with Crippen LogP contribution < -0.4 is 10.1 Å². The van der Waals surface area contributed by atoms with Gasteiger partial charge in [-0.05, 0) is 61.6 Å². The van der Waals surface area contributed by atoms with Crippen LogP contribution in [0.4, 0.5) is 0 Å². The van der Waals surface area contributed by atoms with Gasteiger partial charge >= 0.3 is 0 Å². The molecule has 4 heterocycles. The summed E-state index contributed by atoms with van der Waals surface area (Å²) in [6, 6.07) is 9.29. The van der Waals surface area contributed by atoms with Gasteiger partial charge in [-0.15, -0.1) is 0 Å². The summed E-state index contributed by atoms with van der Waals surface area (Å²) in [4.78, 5) is 45.4. The standard InChI is InChI=1S/C27H29ClN4O4/c28-18-5-8-21(29-12-18)17-13-31(14-17)22-3-1-2-4-24(22)36-19-6-7-20-16(11-19)15-32(27(20)35)23-9-10-25(33)30-26(23)34/h5-8,11-12,17,22-24H,1-4,9-10,13-15H2,(H,30,33,34)/t22-,23-,24-/m0/s1. The van der Waals surface area contributed by atoms with Gasteiger partial charge in [0.25, 0.3) is 5.91 Å². The first-order valence-electron chi connectivity index (χ1n) is 12.8. The number of carbonyl (C=O) groups excluding carboxylic acids is 3. The van der Waals surface area contributed by atoms with E-state index < -0.39 is 11.9 Å². The van der Waals surface area contributed by atoms with E-state index in [1.54, 1.807) is 11.1 Å². The molecule has 0 unspecified atom stereocenters. The fraction of sp³-hybridized carbons (Fsp3) is 0.481. The lowest BCUT2D eigenvalue weighted by Gasteiger charge is -2.48. The molecule has 0 radical (unpaired) electrons. The Bertz CT molecular complexity index is 1200. The lowest BCUT2D eigenvalue weighted by molar-refractivity contribution is -0.136. The number of nitrogens with one attached hydrogen (secondary N) is 1. The molecule has 4 aliphatic rings. The fourth-order valence-electron chi connectivity index (χ4n) is 6.03. The van der Waals surface area contributed by atoms with E-state index in [9.17, 15) is 14.4 Å². The van der Waals surface area contributed by atoms with Gasteiger partial charge < -0.3 is 9.64 Å². The van der Waals surface area contributed by atoms with Crippen LogP contribution in [0, 0.1) is 0 Å². The van der Waals surface area contributed by atoms with Gasteiger partial charge in [0.1, 0.15) is 17.9 Å². The van der Waals surface area contributed by atoms with Crippen LogP contribution >= 0.6 is 11.6 Å². The zero-order valence-electron chi connectivity index (χ0n) is 20.0. The van der Waals surface area contributed by atoms with Crippen LogP contribution in [0.25, 0.3) is 0 Å². The third-order valence-electron chi connectivity index (χ3n) is 8.00. The van der Waals surface area contributed by atoms with E-state index in [0.717, 1.165) is 49.4 Å². The number of fused-ring (bicyclic) bond motifs is 1. The van der Waals surface area contributed by atoms with Gasteiger partial charge in [0, 0.05) is 55.5 Å². The summed E-state index contributed by atoms with van der Waals surface area (Å²) in [5.74, 6) is 0.352. The topological polar surface area (TPSA) is 91.8 Å². The molecular formula is C27H29ClN4O4. The van der Waals surface area contributed by atoms with Gasteiger partial charge in [0.2, 0.25) is 11.8 Å². The first kappa shape index (κ1) is 23.4. The molecule has 1 aromatic heterocycles. The molecule has 3 fully saturated rings. The van der Waals surface area contributed by atoms with Crippen LogP contribution in [-0.4, -0.2) is 63.8 Å². The predicted molar refractivity (Wildman–Crippen MR) is 133 cm³/mol. The van der Waals surface area contributed by atoms with Crippen molar-refractivity contribution in [1.29, 1.82) is 0 Å². The van der Waals surface area contributed by atoms with Crippen molar-refractivity contribution in [3.8, 4) is 5.75 Å². The zero-order valence-corrected chi connectivity index (χ0v) is 20.7. The Morgan fingerprint density at radius 2 is 1.86 bits per heavy atom. The molecule has 3 atom stereocenters. The molecular weight excluding hydrogens is 480 g/mol. The zero-order chi connectivity index (χ0) is 24.8. The maximum absolute atomic E-state index is 13.0. The SMILES string of the molecule is O=C1CC[C@H](N2Cc3cc(O[C@H]4CCCC[C@@H]4N4CC(c5ccc(Cl)cn5)C4)ccc3C2=O)C(=O)N1. The number of pyridine rings is 1. The quantitative estimate of drug-likeness (QED) is 0.623. The van der Waals surface area contributed by atoms with Crippen LogP contribution in [0.5, 0.6) is 5.75 Å².